The van der Waals surface area contributed by atoms with Crippen molar-refractivity contribution in [3.05, 3.63) is 60.4 Å². The van der Waals surface area contributed by atoms with Crippen molar-refractivity contribution in [3.8, 4) is 5.69 Å². The first-order chi connectivity index (χ1) is 12.7. The molecule has 1 aliphatic carbocycles. The number of hydrogen-bond acceptors (Lipinski definition) is 5. The monoisotopic (exact) mass is 348 g/mol. The zero-order chi connectivity index (χ0) is 17.9. The van der Waals surface area contributed by atoms with Gasteiger partial charge in [0.1, 0.15) is 6.33 Å². The number of amides is 2. The van der Waals surface area contributed by atoms with Gasteiger partial charge in [-0.1, -0.05) is 18.2 Å². The first kappa shape index (κ1) is 15.9. The molecule has 1 saturated carbocycles. The van der Waals surface area contributed by atoms with E-state index in [1.165, 1.54) is 11.0 Å². The number of anilines is 2. The Morgan fingerprint density at radius 3 is 2.50 bits per heavy atom. The van der Waals surface area contributed by atoms with Crippen molar-refractivity contribution in [1.82, 2.24) is 20.2 Å². The van der Waals surface area contributed by atoms with Gasteiger partial charge in [0.15, 0.2) is 0 Å². The zero-order valence-corrected chi connectivity index (χ0v) is 13.8. The summed E-state index contributed by atoms with van der Waals surface area (Å²) < 4.78 is 1.43. The fourth-order valence-corrected chi connectivity index (χ4v) is 2.60. The summed E-state index contributed by atoms with van der Waals surface area (Å²) in [4.78, 5) is 24.6. The third-order valence-corrected chi connectivity index (χ3v) is 4.08. The van der Waals surface area contributed by atoms with Crippen molar-refractivity contribution in [2.24, 2.45) is 5.92 Å². The molecule has 1 heterocycles. The fourth-order valence-electron chi connectivity index (χ4n) is 2.60. The molecule has 8 heteroatoms. The van der Waals surface area contributed by atoms with E-state index in [1.54, 1.807) is 42.5 Å². The molecule has 0 atom stereocenters. The van der Waals surface area contributed by atoms with Crippen LogP contribution in [0.4, 0.5) is 11.4 Å². The lowest BCUT2D eigenvalue weighted by Crippen LogP contribution is -2.16. The SMILES string of the molecule is O=C(Nc1cccc(NC(=O)C2CC2)c1)c1ccccc1-n1cnnn1. The molecule has 1 aliphatic rings. The van der Waals surface area contributed by atoms with Gasteiger partial charge in [0.2, 0.25) is 5.91 Å². The minimum absolute atomic E-state index is 0.0255. The Labute approximate surface area is 149 Å². The number of nitrogens with one attached hydrogen (secondary N) is 2. The Morgan fingerprint density at radius 1 is 1.00 bits per heavy atom. The fraction of sp³-hybridized carbons (Fsp3) is 0.167. The number of nitrogens with zero attached hydrogens (tertiary/aromatic N) is 4. The van der Waals surface area contributed by atoms with E-state index in [9.17, 15) is 9.59 Å². The summed E-state index contributed by atoms with van der Waals surface area (Å²) in [5.74, 6) is -0.143. The van der Waals surface area contributed by atoms with Crippen LogP contribution in [-0.2, 0) is 4.79 Å². The molecular weight excluding hydrogens is 332 g/mol. The molecule has 0 aliphatic heterocycles. The second-order valence-corrected chi connectivity index (χ2v) is 6.07. The number of tetrazole rings is 1. The van der Waals surface area contributed by atoms with E-state index in [0.29, 0.717) is 22.6 Å². The van der Waals surface area contributed by atoms with Crippen LogP contribution in [-0.4, -0.2) is 32.0 Å². The third kappa shape index (κ3) is 3.44. The van der Waals surface area contributed by atoms with Gasteiger partial charge < -0.3 is 10.6 Å². The van der Waals surface area contributed by atoms with E-state index in [4.69, 9.17) is 0 Å². The Balaban J connectivity index is 1.53. The second-order valence-electron chi connectivity index (χ2n) is 6.07. The Kier molecular flexibility index (Phi) is 4.14. The van der Waals surface area contributed by atoms with Gasteiger partial charge in [-0.3, -0.25) is 9.59 Å². The maximum Gasteiger partial charge on any atom is 0.257 e. The molecule has 0 saturated heterocycles. The van der Waals surface area contributed by atoms with Crippen molar-refractivity contribution in [1.29, 1.82) is 0 Å². The number of para-hydroxylation sites is 1. The van der Waals surface area contributed by atoms with E-state index in [1.807, 2.05) is 6.07 Å². The van der Waals surface area contributed by atoms with Gasteiger partial charge >= 0.3 is 0 Å². The highest BCUT2D eigenvalue weighted by molar-refractivity contribution is 6.07. The maximum atomic E-state index is 12.7. The van der Waals surface area contributed by atoms with Crippen molar-refractivity contribution in [3.63, 3.8) is 0 Å². The van der Waals surface area contributed by atoms with E-state index in [0.717, 1.165) is 12.8 Å². The number of carbonyl (C=O) groups excluding carboxylic acids is 2. The molecule has 1 fully saturated rings. The molecule has 26 heavy (non-hydrogen) atoms. The van der Waals surface area contributed by atoms with Crippen LogP contribution in [0.15, 0.2) is 54.9 Å². The molecule has 0 spiro atoms. The number of aromatic nitrogens is 4. The van der Waals surface area contributed by atoms with Gasteiger partial charge in [-0.2, -0.15) is 4.68 Å². The number of carbonyl (C=O) groups is 2. The largest absolute Gasteiger partial charge is 0.326 e. The van der Waals surface area contributed by atoms with Crippen LogP contribution in [0.25, 0.3) is 5.69 Å². The summed E-state index contributed by atoms with van der Waals surface area (Å²) >= 11 is 0. The van der Waals surface area contributed by atoms with Crippen LogP contribution in [0.3, 0.4) is 0 Å². The number of rotatable bonds is 5. The summed E-state index contributed by atoms with van der Waals surface area (Å²) in [6.45, 7) is 0. The first-order valence-electron chi connectivity index (χ1n) is 8.25. The lowest BCUT2D eigenvalue weighted by atomic mass is 10.1. The number of benzene rings is 2. The van der Waals surface area contributed by atoms with Crippen molar-refractivity contribution in [2.75, 3.05) is 10.6 Å². The van der Waals surface area contributed by atoms with Crippen LogP contribution >= 0.6 is 0 Å². The summed E-state index contributed by atoms with van der Waals surface area (Å²) in [7, 11) is 0. The molecule has 0 bridgehead atoms. The predicted molar refractivity (Wildman–Crippen MR) is 94.9 cm³/mol. The quantitative estimate of drug-likeness (QED) is 0.736. The van der Waals surface area contributed by atoms with Gasteiger partial charge in [0.25, 0.3) is 5.91 Å². The average molecular weight is 348 g/mol. The molecule has 2 amide bonds. The summed E-state index contributed by atoms with van der Waals surface area (Å²) in [5.41, 5.74) is 2.27. The predicted octanol–water partition coefficient (Wildman–Crippen LogP) is 2.26. The van der Waals surface area contributed by atoms with Crippen molar-refractivity contribution >= 4 is 23.2 Å². The van der Waals surface area contributed by atoms with Gasteiger partial charge in [-0.25, -0.2) is 0 Å². The van der Waals surface area contributed by atoms with Crippen LogP contribution in [0.2, 0.25) is 0 Å². The third-order valence-electron chi connectivity index (χ3n) is 4.08. The molecule has 2 N–H and O–H groups in total. The molecule has 8 nitrogen and oxygen atoms in total. The molecule has 1 aromatic heterocycles. The highest BCUT2D eigenvalue weighted by atomic mass is 16.2. The number of hydrogen-bond donors (Lipinski definition) is 2. The Morgan fingerprint density at radius 2 is 1.77 bits per heavy atom. The summed E-state index contributed by atoms with van der Waals surface area (Å²) in [6, 6.07) is 14.1. The average Bonchev–Trinajstić information content (AvgIpc) is 3.37. The topological polar surface area (TPSA) is 102 Å². The van der Waals surface area contributed by atoms with Crippen molar-refractivity contribution < 1.29 is 9.59 Å². The first-order valence-corrected chi connectivity index (χ1v) is 8.25. The van der Waals surface area contributed by atoms with Crippen molar-refractivity contribution in [2.45, 2.75) is 12.8 Å². The van der Waals surface area contributed by atoms with Gasteiger partial charge in [-0.05, 0) is 53.6 Å². The van der Waals surface area contributed by atoms with Gasteiger partial charge in [-0.15, -0.1) is 5.10 Å². The molecule has 4 rings (SSSR count). The lowest BCUT2D eigenvalue weighted by Gasteiger charge is -2.11. The maximum absolute atomic E-state index is 12.7. The van der Waals surface area contributed by atoms with E-state index >= 15 is 0 Å². The molecule has 130 valence electrons. The van der Waals surface area contributed by atoms with Gasteiger partial charge in [0, 0.05) is 17.3 Å². The molecule has 2 aromatic carbocycles. The Bertz CT molecular complexity index is 950. The standard InChI is InChI=1S/C18H16N6O2/c25-17(12-8-9-12)20-13-4-3-5-14(10-13)21-18(26)15-6-1-2-7-16(15)24-11-19-22-23-24/h1-7,10-12H,8-9H2,(H,20,25)(H,21,26). The van der Waals surface area contributed by atoms with E-state index < -0.39 is 0 Å². The molecule has 0 radical (unpaired) electrons. The molecule has 3 aromatic rings. The Hall–Kier alpha value is -3.55. The minimum Gasteiger partial charge on any atom is -0.326 e. The normalized spacial score (nSPS) is 13.2. The molecule has 0 unspecified atom stereocenters. The second kappa shape index (κ2) is 6.75. The van der Waals surface area contributed by atoms with Crippen LogP contribution in [0, 0.1) is 5.92 Å². The van der Waals surface area contributed by atoms with E-state index in [-0.39, 0.29) is 17.7 Å². The molecular formula is C18H16N6O2. The zero-order valence-electron chi connectivity index (χ0n) is 13.8. The highest BCUT2D eigenvalue weighted by Crippen LogP contribution is 2.30. The smallest absolute Gasteiger partial charge is 0.257 e. The minimum atomic E-state index is -0.290. The van der Waals surface area contributed by atoms with Crippen LogP contribution < -0.4 is 10.6 Å². The van der Waals surface area contributed by atoms with Gasteiger partial charge in [0.05, 0.1) is 11.3 Å². The summed E-state index contributed by atoms with van der Waals surface area (Å²) in [6.07, 6.45) is 3.31. The van der Waals surface area contributed by atoms with Crippen LogP contribution in [0.5, 0.6) is 0 Å². The van der Waals surface area contributed by atoms with Crippen LogP contribution in [0.1, 0.15) is 23.2 Å². The highest BCUT2D eigenvalue weighted by Gasteiger charge is 2.29. The van der Waals surface area contributed by atoms with E-state index in [2.05, 4.69) is 26.2 Å². The summed E-state index contributed by atoms with van der Waals surface area (Å²) in [5, 5.41) is 16.8. The lowest BCUT2D eigenvalue weighted by molar-refractivity contribution is -0.117.